The van der Waals surface area contributed by atoms with Crippen LogP contribution in [0.5, 0.6) is 0 Å². The van der Waals surface area contributed by atoms with Gasteiger partial charge in [0, 0.05) is 12.5 Å². The summed E-state index contributed by atoms with van der Waals surface area (Å²) in [6.45, 7) is 0.480. The number of halogens is 1. The number of amides is 1. The summed E-state index contributed by atoms with van der Waals surface area (Å²) in [5.41, 5.74) is 1.26. The minimum atomic E-state index is -0.938. The van der Waals surface area contributed by atoms with Crippen LogP contribution in [-0.2, 0) is 4.79 Å². The lowest BCUT2D eigenvalue weighted by Gasteiger charge is -2.32. The molecule has 1 atom stereocenters. The number of nitrogens with one attached hydrogen (secondary N) is 1. The molecule has 1 aromatic rings. The average molecular weight is 342 g/mol. The highest BCUT2D eigenvalue weighted by Gasteiger charge is 2.36. The third-order valence-corrected chi connectivity index (χ3v) is 4.77. The van der Waals surface area contributed by atoms with Crippen molar-refractivity contribution >= 4 is 27.8 Å². The number of rotatable bonds is 3. The van der Waals surface area contributed by atoms with E-state index in [1.165, 1.54) is 4.90 Å². The first-order valence-electron chi connectivity index (χ1n) is 6.87. The lowest BCUT2D eigenvalue weighted by atomic mass is 10.0. The molecule has 108 valence electrons. The minimum Gasteiger partial charge on any atom is -0.480 e. The number of hydrogen-bond acceptors (Lipinski definition) is 3. The summed E-state index contributed by atoms with van der Waals surface area (Å²) in [5, 5.41) is 16.2. The number of aromatic amines is 1. The van der Waals surface area contributed by atoms with Crippen molar-refractivity contribution in [2.45, 2.75) is 44.1 Å². The van der Waals surface area contributed by atoms with Crippen LogP contribution in [0, 0.1) is 0 Å². The number of H-pyrrole nitrogens is 1. The second-order valence-corrected chi connectivity index (χ2v) is 6.22. The number of hydrogen-bond donors (Lipinski definition) is 2. The molecular formula is C13H16BrN3O3. The molecule has 2 aliphatic rings. The maximum absolute atomic E-state index is 12.5. The number of likely N-dealkylation sites (tertiary alicyclic amines) is 1. The van der Waals surface area contributed by atoms with Crippen molar-refractivity contribution < 1.29 is 14.7 Å². The van der Waals surface area contributed by atoms with Gasteiger partial charge in [0.25, 0.3) is 5.91 Å². The molecule has 1 saturated heterocycles. The molecule has 0 bridgehead atoms. The molecule has 1 saturated carbocycles. The standard InChI is InChI=1S/C13H16BrN3O3/c14-9-10(7-4-5-7)15-16-11(9)12(18)17-6-2-1-3-8(17)13(19)20/h7-8H,1-6H2,(H,15,16)(H,19,20). The largest absolute Gasteiger partial charge is 0.480 e. The van der Waals surface area contributed by atoms with Crippen LogP contribution in [0.25, 0.3) is 0 Å². The Hall–Kier alpha value is -1.37. The molecule has 1 aromatic heterocycles. The van der Waals surface area contributed by atoms with Crippen LogP contribution in [0.3, 0.4) is 0 Å². The molecule has 20 heavy (non-hydrogen) atoms. The molecule has 6 nitrogen and oxygen atoms in total. The van der Waals surface area contributed by atoms with Gasteiger partial charge in [-0.2, -0.15) is 5.10 Å². The Labute approximate surface area is 124 Å². The Kier molecular flexibility index (Phi) is 3.54. The lowest BCUT2D eigenvalue weighted by Crippen LogP contribution is -2.48. The summed E-state index contributed by atoms with van der Waals surface area (Å²) in [7, 11) is 0. The van der Waals surface area contributed by atoms with E-state index in [1.807, 2.05) is 0 Å². The molecule has 2 N–H and O–H groups in total. The molecule has 2 fully saturated rings. The highest BCUT2D eigenvalue weighted by molar-refractivity contribution is 9.10. The lowest BCUT2D eigenvalue weighted by molar-refractivity contribution is -0.143. The monoisotopic (exact) mass is 341 g/mol. The smallest absolute Gasteiger partial charge is 0.326 e. The van der Waals surface area contributed by atoms with E-state index in [0.29, 0.717) is 29.1 Å². The van der Waals surface area contributed by atoms with E-state index in [1.54, 1.807) is 0 Å². The Morgan fingerprint density at radius 2 is 2.05 bits per heavy atom. The fourth-order valence-corrected chi connectivity index (χ4v) is 3.36. The van der Waals surface area contributed by atoms with E-state index in [-0.39, 0.29) is 5.91 Å². The van der Waals surface area contributed by atoms with Crippen molar-refractivity contribution in [3.05, 3.63) is 15.9 Å². The van der Waals surface area contributed by atoms with Crippen LogP contribution in [0.4, 0.5) is 0 Å². The number of aromatic nitrogens is 2. The van der Waals surface area contributed by atoms with Gasteiger partial charge in [-0.3, -0.25) is 9.89 Å². The van der Waals surface area contributed by atoms with Crippen LogP contribution in [0.2, 0.25) is 0 Å². The first-order valence-corrected chi connectivity index (χ1v) is 7.66. The van der Waals surface area contributed by atoms with Gasteiger partial charge < -0.3 is 10.0 Å². The minimum absolute atomic E-state index is 0.299. The van der Waals surface area contributed by atoms with Crippen molar-refractivity contribution in [3.63, 3.8) is 0 Å². The number of carbonyl (C=O) groups is 2. The number of nitrogens with zero attached hydrogens (tertiary/aromatic N) is 2. The Bertz CT molecular complexity index is 553. The molecular weight excluding hydrogens is 326 g/mol. The van der Waals surface area contributed by atoms with Crippen molar-refractivity contribution in [3.8, 4) is 0 Å². The van der Waals surface area contributed by atoms with Crippen LogP contribution in [0.15, 0.2) is 4.47 Å². The molecule has 0 aromatic carbocycles. The summed E-state index contributed by atoms with van der Waals surface area (Å²) in [6, 6.07) is -0.732. The highest BCUT2D eigenvalue weighted by Crippen LogP contribution is 2.43. The van der Waals surface area contributed by atoms with Gasteiger partial charge in [-0.25, -0.2) is 4.79 Å². The molecule has 1 amide bonds. The van der Waals surface area contributed by atoms with Gasteiger partial charge in [-0.15, -0.1) is 0 Å². The normalized spacial score (nSPS) is 22.9. The predicted octanol–water partition coefficient (Wildman–Crippen LogP) is 2.13. The van der Waals surface area contributed by atoms with Crippen LogP contribution in [0.1, 0.15) is 54.2 Å². The van der Waals surface area contributed by atoms with Crippen molar-refractivity contribution in [2.24, 2.45) is 0 Å². The molecule has 1 aliphatic carbocycles. The fourth-order valence-electron chi connectivity index (χ4n) is 2.69. The van der Waals surface area contributed by atoms with Gasteiger partial charge >= 0.3 is 5.97 Å². The van der Waals surface area contributed by atoms with Crippen molar-refractivity contribution in [1.82, 2.24) is 15.1 Å². The number of aliphatic carboxylic acids is 1. The Balaban J connectivity index is 1.85. The van der Waals surface area contributed by atoms with Gasteiger partial charge in [0.1, 0.15) is 6.04 Å². The number of carboxylic acids is 1. The van der Waals surface area contributed by atoms with Gasteiger partial charge in [0.2, 0.25) is 0 Å². The molecule has 2 heterocycles. The van der Waals surface area contributed by atoms with E-state index in [4.69, 9.17) is 0 Å². The van der Waals surface area contributed by atoms with Gasteiger partial charge in [0.15, 0.2) is 5.69 Å². The maximum Gasteiger partial charge on any atom is 0.326 e. The molecule has 1 aliphatic heterocycles. The second-order valence-electron chi connectivity index (χ2n) is 5.42. The summed E-state index contributed by atoms with van der Waals surface area (Å²) < 4.78 is 0.694. The van der Waals surface area contributed by atoms with Gasteiger partial charge in [-0.05, 0) is 48.0 Å². The third-order valence-electron chi connectivity index (χ3n) is 3.97. The Morgan fingerprint density at radius 1 is 1.30 bits per heavy atom. The highest BCUT2D eigenvalue weighted by atomic mass is 79.9. The summed E-state index contributed by atoms with van der Waals surface area (Å²) in [4.78, 5) is 25.3. The SMILES string of the molecule is O=C(O)C1CCCCN1C(=O)c1n[nH]c(C2CC2)c1Br. The molecule has 0 radical (unpaired) electrons. The maximum atomic E-state index is 12.5. The number of carbonyl (C=O) groups excluding carboxylic acids is 1. The topological polar surface area (TPSA) is 86.3 Å². The van der Waals surface area contributed by atoms with Crippen LogP contribution >= 0.6 is 15.9 Å². The second kappa shape index (κ2) is 5.20. The van der Waals surface area contributed by atoms with Crippen LogP contribution < -0.4 is 0 Å². The summed E-state index contributed by atoms with van der Waals surface area (Å²) in [5.74, 6) is -0.783. The summed E-state index contributed by atoms with van der Waals surface area (Å²) >= 11 is 3.43. The van der Waals surface area contributed by atoms with E-state index in [9.17, 15) is 14.7 Å². The van der Waals surface area contributed by atoms with E-state index >= 15 is 0 Å². The van der Waals surface area contributed by atoms with E-state index in [2.05, 4.69) is 26.1 Å². The quantitative estimate of drug-likeness (QED) is 0.881. The zero-order valence-corrected chi connectivity index (χ0v) is 12.5. The molecule has 1 unspecified atom stereocenters. The van der Waals surface area contributed by atoms with Crippen molar-refractivity contribution in [1.29, 1.82) is 0 Å². The molecule has 3 rings (SSSR count). The van der Waals surface area contributed by atoms with E-state index < -0.39 is 12.0 Å². The molecule has 7 heteroatoms. The van der Waals surface area contributed by atoms with Gasteiger partial charge in [-0.1, -0.05) is 0 Å². The molecule has 0 spiro atoms. The number of piperidine rings is 1. The fraction of sp³-hybridized carbons (Fsp3) is 0.615. The first-order chi connectivity index (χ1) is 9.59. The Morgan fingerprint density at radius 3 is 2.70 bits per heavy atom. The summed E-state index contributed by atoms with van der Waals surface area (Å²) in [6.07, 6.45) is 4.41. The zero-order valence-electron chi connectivity index (χ0n) is 10.9. The van der Waals surface area contributed by atoms with Gasteiger partial charge in [0.05, 0.1) is 10.2 Å². The van der Waals surface area contributed by atoms with Crippen LogP contribution in [-0.4, -0.2) is 44.7 Å². The average Bonchev–Trinajstić information content (AvgIpc) is 3.21. The first kappa shape index (κ1) is 13.6. The number of carboxylic acid groups (broad SMARTS) is 1. The third kappa shape index (κ3) is 2.34. The van der Waals surface area contributed by atoms with E-state index in [0.717, 1.165) is 31.4 Å². The zero-order chi connectivity index (χ0) is 14.3. The van der Waals surface area contributed by atoms with Crippen molar-refractivity contribution in [2.75, 3.05) is 6.54 Å². The predicted molar refractivity (Wildman–Crippen MR) is 74.6 cm³/mol.